The number of carboxylic acids is 1. The highest BCUT2D eigenvalue weighted by molar-refractivity contribution is 6.31. The van der Waals surface area contributed by atoms with E-state index in [0.717, 1.165) is 11.8 Å². The van der Waals surface area contributed by atoms with Gasteiger partial charge in [0.15, 0.2) is 0 Å². The van der Waals surface area contributed by atoms with E-state index in [2.05, 4.69) is 9.97 Å². The molecule has 3 rings (SSSR count). The molecule has 0 saturated heterocycles. The summed E-state index contributed by atoms with van der Waals surface area (Å²) < 4.78 is 47.4. The first-order chi connectivity index (χ1) is 15.5. The first-order valence-electron chi connectivity index (χ1n) is 10.1. The van der Waals surface area contributed by atoms with E-state index in [1.807, 2.05) is 0 Å². The normalized spacial score (nSPS) is 13.4. The molecule has 0 aliphatic heterocycles. The summed E-state index contributed by atoms with van der Waals surface area (Å²) in [5.41, 5.74) is 2.18. The average Bonchev–Trinajstić information content (AvgIpc) is 2.73. The van der Waals surface area contributed by atoms with Gasteiger partial charge in [0.2, 0.25) is 0 Å². The Kier molecular flexibility index (Phi) is 7.58. The molecule has 0 fully saturated rings. The van der Waals surface area contributed by atoms with Crippen molar-refractivity contribution in [2.45, 2.75) is 44.9 Å². The molecule has 2 atom stereocenters. The number of aryl methyl sites for hydroxylation is 1. The number of carbonyl (C=O) groups is 1. The molecule has 174 valence electrons. The summed E-state index contributed by atoms with van der Waals surface area (Å²) >= 11 is 6.34. The van der Waals surface area contributed by atoms with Crippen LogP contribution >= 0.6 is 11.6 Å². The topological polar surface area (TPSA) is 72.3 Å². The molecule has 0 amide bonds. The van der Waals surface area contributed by atoms with Crippen LogP contribution in [0.1, 0.15) is 46.8 Å². The SMILES string of the molecule is Cc1cnc(C(C(C)c2ccc(OCc3ccc(CC(=O)O)cc3)cc2Cl)C(F)(F)F)cn1. The third kappa shape index (κ3) is 6.44. The zero-order chi connectivity index (χ0) is 24.2. The predicted octanol–water partition coefficient (Wildman–Crippen LogP) is 6.09. The Morgan fingerprint density at radius 2 is 1.76 bits per heavy atom. The van der Waals surface area contributed by atoms with Gasteiger partial charge in [-0.05, 0) is 41.7 Å². The molecule has 3 aromatic rings. The molecule has 1 heterocycles. The van der Waals surface area contributed by atoms with Crippen LogP contribution in [0.2, 0.25) is 5.02 Å². The Morgan fingerprint density at radius 1 is 1.09 bits per heavy atom. The molecule has 0 spiro atoms. The first-order valence-corrected chi connectivity index (χ1v) is 10.5. The summed E-state index contributed by atoms with van der Waals surface area (Å²) in [6.07, 6.45) is -2.14. The molecule has 0 saturated carbocycles. The third-order valence-electron chi connectivity index (χ3n) is 5.22. The van der Waals surface area contributed by atoms with Crippen molar-refractivity contribution in [3.05, 3.63) is 88.0 Å². The first kappa shape index (κ1) is 24.5. The fraction of sp³-hybridized carbons (Fsp3) is 0.292. The van der Waals surface area contributed by atoms with Crippen LogP contribution in [-0.4, -0.2) is 27.2 Å². The van der Waals surface area contributed by atoms with E-state index in [1.54, 1.807) is 37.3 Å². The number of aromatic nitrogens is 2. The van der Waals surface area contributed by atoms with Crippen molar-refractivity contribution in [2.75, 3.05) is 0 Å². The van der Waals surface area contributed by atoms with Gasteiger partial charge in [-0.25, -0.2) is 0 Å². The maximum Gasteiger partial charge on any atom is 0.397 e. The second-order valence-electron chi connectivity index (χ2n) is 7.75. The van der Waals surface area contributed by atoms with Gasteiger partial charge in [0, 0.05) is 17.4 Å². The minimum atomic E-state index is -4.53. The number of alkyl halides is 3. The number of hydrogen-bond donors (Lipinski definition) is 1. The van der Waals surface area contributed by atoms with Crippen molar-refractivity contribution in [3.8, 4) is 5.75 Å². The van der Waals surface area contributed by atoms with Crippen LogP contribution in [-0.2, 0) is 17.8 Å². The summed E-state index contributed by atoms with van der Waals surface area (Å²) in [6, 6.07) is 11.5. The molecule has 0 aliphatic carbocycles. The number of carboxylic acid groups (broad SMARTS) is 1. The summed E-state index contributed by atoms with van der Waals surface area (Å²) in [5.74, 6) is -3.36. The number of benzene rings is 2. The third-order valence-corrected chi connectivity index (χ3v) is 5.55. The van der Waals surface area contributed by atoms with Gasteiger partial charge < -0.3 is 9.84 Å². The zero-order valence-electron chi connectivity index (χ0n) is 17.9. The van der Waals surface area contributed by atoms with Crippen LogP contribution in [0.25, 0.3) is 0 Å². The standard InChI is InChI=1S/C24H22ClF3N2O3/c1-14-11-30-21(12-29-14)23(24(26,27)28)15(2)19-8-7-18(10-20(19)25)33-13-17-5-3-16(4-6-17)9-22(31)32/h3-8,10-12,15,23H,9,13H2,1-2H3,(H,31,32). The van der Waals surface area contributed by atoms with Gasteiger partial charge in [-0.2, -0.15) is 13.2 Å². The van der Waals surface area contributed by atoms with Gasteiger partial charge >= 0.3 is 12.1 Å². The monoisotopic (exact) mass is 478 g/mol. The van der Waals surface area contributed by atoms with E-state index in [1.165, 1.54) is 25.3 Å². The molecule has 0 radical (unpaired) electrons. The van der Waals surface area contributed by atoms with Gasteiger partial charge in [0.1, 0.15) is 18.3 Å². The Morgan fingerprint density at radius 3 is 2.30 bits per heavy atom. The van der Waals surface area contributed by atoms with E-state index in [-0.39, 0.29) is 23.7 Å². The van der Waals surface area contributed by atoms with Crippen molar-refractivity contribution < 1.29 is 27.8 Å². The lowest BCUT2D eigenvalue weighted by atomic mass is 9.84. The van der Waals surface area contributed by atoms with Crippen LogP contribution in [0.15, 0.2) is 54.9 Å². The molecule has 33 heavy (non-hydrogen) atoms. The van der Waals surface area contributed by atoms with Crippen molar-refractivity contribution in [1.29, 1.82) is 0 Å². The highest BCUT2D eigenvalue weighted by Gasteiger charge is 2.46. The highest BCUT2D eigenvalue weighted by Crippen LogP contribution is 2.45. The number of rotatable bonds is 8. The van der Waals surface area contributed by atoms with Crippen LogP contribution in [0.3, 0.4) is 0 Å². The van der Waals surface area contributed by atoms with Gasteiger partial charge in [0.05, 0.1) is 17.8 Å². The summed E-state index contributed by atoms with van der Waals surface area (Å²) in [7, 11) is 0. The second kappa shape index (κ2) is 10.2. The molecular weight excluding hydrogens is 457 g/mol. The Hall–Kier alpha value is -3.13. The maximum atomic E-state index is 13.9. The fourth-order valence-electron chi connectivity index (χ4n) is 3.51. The van der Waals surface area contributed by atoms with E-state index in [0.29, 0.717) is 22.6 Å². The molecule has 1 aromatic heterocycles. The number of halogens is 4. The Labute approximate surface area is 194 Å². The zero-order valence-corrected chi connectivity index (χ0v) is 18.7. The lowest BCUT2D eigenvalue weighted by Gasteiger charge is -2.27. The number of aliphatic carboxylic acids is 1. The van der Waals surface area contributed by atoms with Crippen molar-refractivity contribution in [2.24, 2.45) is 0 Å². The largest absolute Gasteiger partial charge is 0.489 e. The molecule has 0 aliphatic rings. The lowest BCUT2D eigenvalue weighted by molar-refractivity contribution is -0.155. The molecule has 2 aromatic carbocycles. The molecule has 5 nitrogen and oxygen atoms in total. The van der Waals surface area contributed by atoms with E-state index < -0.39 is 24.0 Å². The Balaban J connectivity index is 1.74. The molecular formula is C24H22ClF3N2O3. The molecule has 1 N–H and O–H groups in total. The van der Waals surface area contributed by atoms with Crippen LogP contribution in [0.4, 0.5) is 13.2 Å². The van der Waals surface area contributed by atoms with Crippen LogP contribution < -0.4 is 4.74 Å². The fourth-order valence-corrected chi connectivity index (χ4v) is 3.85. The van der Waals surface area contributed by atoms with Gasteiger partial charge in [-0.3, -0.25) is 14.8 Å². The smallest absolute Gasteiger partial charge is 0.397 e. The molecule has 2 unspecified atom stereocenters. The predicted molar refractivity (Wildman–Crippen MR) is 118 cm³/mol. The van der Waals surface area contributed by atoms with Gasteiger partial charge in [-0.1, -0.05) is 48.9 Å². The minimum Gasteiger partial charge on any atom is -0.489 e. The van der Waals surface area contributed by atoms with Crippen molar-refractivity contribution in [3.63, 3.8) is 0 Å². The quantitative estimate of drug-likeness (QED) is 0.424. The number of ether oxygens (including phenoxy) is 1. The van der Waals surface area contributed by atoms with Gasteiger partial charge in [0.25, 0.3) is 0 Å². The van der Waals surface area contributed by atoms with Crippen LogP contribution in [0, 0.1) is 6.92 Å². The minimum absolute atomic E-state index is 0.0660. The van der Waals surface area contributed by atoms with Crippen molar-refractivity contribution in [1.82, 2.24) is 9.97 Å². The Bertz CT molecular complexity index is 1100. The van der Waals surface area contributed by atoms with E-state index >= 15 is 0 Å². The average molecular weight is 479 g/mol. The van der Waals surface area contributed by atoms with Gasteiger partial charge in [-0.15, -0.1) is 0 Å². The highest BCUT2D eigenvalue weighted by atomic mass is 35.5. The molecule has 9 heteroatoms. The summed E-state index contributed by atoms with van der Waals surface area (Å²) in [6.45, 7) is 3.31. The lowest BCUT2D eigenvalue weighted by Crippen LogP contribution is -2.27. The summed E-state index contributed by atoms with van der Waals surface area (Å²) in [5, 5.41) is 8.98. The summed E-state index contributed by atoms with van der Waals surface area (Å²) in [4.78, 5) is 18.7. The maximum absolute atomic E-state index is 13.9. The van der Waals surface area contributed by atoms with E-state index in [4.69, 9.17) is 21.4 Å². The van der Waals surface area contributed by atoms with Crippen molar-refractivity contribution >= 4 is 17.6 Å². The second-order valence-corrected chi connectivity index (χ2v) is 8.16. The number of nitrogens with zero attached hydrogens (tertiary/aromatic N) is 2. The van der Waals surface area contributed by atoms with Crippen LogP contribution in [0.5, 0.6) is 5.75 Å². The number of hydrogen-bond acceptors (Lipinski definition) is 4. The van der Waals surface area contributed by atoms with E-state index in [9.17, 15) is 18.0 Å². The molecule has 0 bridgehead atoms.